The molecular formula is C17H13ClN2O2. The maximum Gasteiger partial charge on any atom is 0.258 e. The highest BCUT2D eigenvalue weighted by Gasteiger charge is 2.28. The zero-order valence-corrected chi connectivity index (χ0v) is 12.4. The van der Waals surface area contributed by atoms with Crippen LogP contribution in [0.1, 0.15) is 34.0 Å². The van der Waals surface area contributed by atoms with Gasteiger partial charge in [-0.3, -0.25) is 4.79 Å². The van der Waals surface area contributed by atoms with Crippen molar-refractivity contribution in [2.45, 2.75) is 12.5 Å². The molecule has 1 atom stereocenters. The third kappa shape index (κ3) is 2.57. The van der Waals surface area contributed by atoms with Crippen molar-refractivity contribution in [3.05, 3.63) is 64.2 Å². The minimum Gasteiger partial charge on any atom is -0.388 e. The van der Waals surface area contributed by atoms with Gasteiger partial charge in [0.25, 0.3) is 5.91 Å². The summed E-state index contributed by atoms with van der Waals surface area (Å²) in [5.74, 6) is -0.187. The molecule has 1 amide bonds. The third-order valence-electron chi connectivity index (χ3n) is 3.75. The van der Waals surface area contributed by atoms with Gasteiger partial charge in [0.1, 0.15) is 0 Å². The van der Waals surface area contributed by atoms with E-state index in [0.29, 0.717) is 40.4 Å². The van der Waals surface area contributed by atoms with E-state index in [9.17, 15) is 9.90 Å². The highest BCUT2D eigenvalue weighted by atomic mass is 35.5. The quantitative estimate of drug-likeness (QED) is 0.878. The van der Waals surface area contributed by atoms with Gasteiger partial charge in [0.05, 0.1) is 17.7 Å². The fourth-order valence-electron chi connectivity index (χ4n) is 2.65. The second kappa shape index (κ2) is 5.80. The van der Waals surface area contributed by atoms with E-state index >= 15 is 0 Å². The molecule has 0 saturated carbocycles. The number of rotatable bonds is 1. The number of carbonyl (C=O) groups is 1. The van der Waals surface area contributed by atoms with Gasteiger partial charge in [-0.2, -0.15) is 5.26 Å². The normalized spacial score (nSPS) is 16.8. The van der Waals surface area contributed by atoms with Crippen LogP contribution in [0.15, 0.2) is 42.5 Å². The van der Waals surface area contributed by atoms with Crippen molar-refractivity contribution in [2.75, 3.05) is 11.4 Å². The van der Waals surface area contributed by atoms with Crippen LogP contribution in [0.3, 0.4) is 0 Å². The lowest BCUT2D eigenvalue weighted by molar-refractivity contribution is 0.0970. The standard InChI is InChI=1S/C17H13ClN2O2/c18-13-4-5-15-14(9-13)16(21)6-7-20(15)17(22)12-3-1-2-11(8-12)10-19/h1-5,8-9,16,21H,6-7H2. The van der Waals surface area contributed by atoms with E-state index in [1.165, 1.54) is 0 Å². The molecule has 0 aliphatic carbocycles. The van der Waals surface area contributed by atoms with E-state index in [-0.39, 0.29) is 5.91 Å². The van der Waals surface area contributed by atoms with Gasteiger partial charge >= 0.3 is 0 Å². The van der Waals surface area contributed by atoms with Crippen LogP contribution in [0, 0.1) is 11.3 Å². The molecule has 1 unspecified atom stereocenters. The summed E-state index contributed by atoms with van der Waals surface area (Å²) in [7, 11) is 0. The molecule has 0 aromatic heterocycles. The number of benzene rings is 2. The zero-order chi connectivity index (χ0) is 15.7. The van der Waals surface area contributed by atoms with Gasteiger partial charge in [-0.05, 0) is 42.8 Å². The first kappa shape index (κ1) is 14.6. The second-order valence-electron chi connectivity index (χ2n) is 5.16. The van der Waals surface area contributed by atoms with Crippen LogP contribution in [0.25, 0.3) is 0 Å². The molecule has 1 aliphatic rings. The molecule has 0 saturated heterocycles. The number of anilines is 1. The molecule has 2 aromatic rings. The number of nitriles is 1. The number of hydrogen-bond donors (Lipinski definition) is 1. The fraction of sp³-hybridized carbons (Fsp3) is 0.176. The predicted octanol–water partition coefficient (Wildman–Crippen LogP) is 3.30. The molecule has 0 radical (unpaired) electrons. The Hall–Kier alpha value is -2.35. The van der Waals surface area contributed by atoms with Crippen molar-refractivity contribution in [3.63, 3.8) is 0 Å². The molecule has 1 heterocycles. The Labute approximate surface area is 133 Å². The highest BCUT2D eigenvalue weighted by molar-refractivity contribution is 6.30. The van der Waals surface area contributed by atoms with E-state index < -0.39 is 6.10 Å². The van der Waals surface area contributed by atoms with Gasteiger partial charge in [-0.25, -0.2) is 0 Å². The van der Waals surface area contributed by atoms with Crippen LogP contribution in [0.5, 0.6) is 0 Å². The van der Waals surface area contributed by atoms with Crippen molar-refractivity contribution in [1.29, 1.82) is 5.26 Å². The molecule has 4 nitrogen and oxygen atoms in total. The second-order valence-corrected chi connectivity index (χ2v) is 5.59. The van der Waals surface area contributed by atoms with Gasteiger partial charge in [0.15, 0.2) is 0 Å². The predicted molar refractivity (Wildman–Crippen MR) is 83.9 cm³/mol. The zero-order valence-electron chi connectivity index (χ0n) is 11.7. The van der Waals surface area contributed by atoms with Gasteiger partial charge in [-0.15, -0.1) is 0 Å². The lowest BCUT2D eigenvalue weighted by Crippen LogP contribution is -2.36. The van der Waals surface area contributed by atoms with Crippen LogP contribution < -0.4 is 4.90 Å². The molecule has 0 bridgehead atoms. The Morgan fingerprint density at radius 1 is 1.32 bits per heavy atom. The van der Waals surface area contributed by atoms with Crippen molar-refractivity contribution < 1.29 is 9.90 Å². The summed E-state index contributed by atoms with van der Waals surface area (Å²) in [4.78, 5) is 14.3. The Bertz CT molecular complexity index is 782. The Kier molecular flexibility index (Phi) is 3.84. The maximum atomic E-state index is 12.7. The average Bonchev–Trinajstić information content (AvgIpc) is 2.55. The summed E-state index contributed by atoms with van der Waals surface area (Å²) < 4.78 is 0. The van der Waals surface area contributed by atoms with Crippen LogP contribution in [-0.2, 0) is 0 Å². The van der Waals surface area contributed by atoms with Crippen LogP contribution in [-0.4, -0.2) is 17.6 Å². The number of amides is 1. The van der Waals surface area contributed by atoms with Crippen molar-refractivity contribution in [3.8, 4) is 6.07 Å². The van der Waals surface area contributed by atoms with Gasteiger partial charge in [0.2, 0.25) is 0 Å². The Balaban J connectivity index is 2.01. The van der Waals surface area contributed by atoms with Gasteiger partial charge in [0, 0.05) is 28.4 Å². The summed E-state index contributed by atoms with van der Waals surface area (Å²) in [5, 5.41) is 19.6. The van der Waals surface area contributed by atoms with E-state index in [2.05, 4.69) is 0 Å². The number of nitrogens with zero attached hydrogens (tertiary/aromatic N) is 2. The fourth-order valence-corrected chi connectivity index (χ4v) is 2.83. The minimum atomic E-state index is -0.622. The molecule has 110 valence electrons. The summed E-state index contributed by atoms with van der Waals surface area (Å²) in [6.45, 7) is 0.422. The SMILES string of the molecule is N#Cc1cccc(C(=O)N2CCC(O)c3cc(Cl)ccc32)c1. The molecule has 2 aromatic carbocycles. The Morgan fingerprint density at radius 3 is 2.91 bits per heavy atom. The van der Waals surface area contributed by atoms with Crippen LogP contribution in [0.2, 0.25) is 5.02 Å². The van der Waals surface area contributed by atoms with Crippen molar-refractivity contribution in [2.24, 2.45) is 0 Å². The Morgan fingerprint density at radius 2 is 2.14 bits per heavy atom. The number of carbonyl (C=O) groups excluding carboxylic acids is 1. The highest BCUT2D eigenvalue weighted by Crippen LogP contribution is 2.36. The largest absolute Gasteiger partial charge is 0.388 e. The monoisotopic (exact) mass is 312 g/mol. The summed E-state index contributed by atoms with van der Waals surface area (Å²) in [6, 6.07) is 13.8. The summed E-state index contributed by atoms with van der Waals surface area (Å²) >= 11 is 5.98. The average molecular weight is 313 g/mol. The van der Waals surface area contributed by atoms with Gasteiger partial charge in [-0.1, -0.05) is 17.7 Å². The number of hydrogen-bond acceptors (Lipinski definition) is 3. The van der Waals surface area contributed by atoms with Crippen molar-refractivity contribution in [1.82, 2.24) is 0 Å². The molecule has 3 rings (SSSR count). The lowest BCUT2D eigenvalue weighted by Gasteiger charge is -2.32. The molecule has 1 aliphatic heterocycles. The summed E-state index contributed by atoms with van der Waals surface area (Å²) in [5.41, 5.74) is 2.22. The lowest BCUT2D eigenvalue weighted by atomic mass is 9.98. The van der Waals surface area contributed by atoms with Gasteiger partial charge < -0.3 is 10.0 Å². The van der Waals surface area contributed by atoms with E-state index in [4.69, 9.17) is 16.9 Å². The number of halogens is 1. The smallest absolute Gasteiger partial charge is 0.258 e. The van der Waals surface area contributed by atoms with Crippen LogP contribution in [0.4, 0.5) is 5.69 Å². The number of aliphatic hydroxyl groups is 1. The minimum absolute atomic E-state index is 0.187. The van der Waals surface area contributed by atoms with Crippen LogP contribution >= 0.6 is 11.6 Å². The summed E-state index contributed by atoms with van der Waals surface area (Å²) in [6.07, 6.45) is -0.167. The number of aliphatic hydroxyl groups excluding tert-OH is 1. The molecule has 22 heavy (non-hydrogen) atoms. The first-order valence-electron chi connectivity index (χ1n) is 6.89. The van der Waals surface area contributed by atoms with Crippen molar-refractivity contribution >= 4 is 23.2 Å². The molecular weight excluding hydrogens is 300 g/mol. The molecule has 5 heteroatoms. The topological polar surface area (TPSA) is 64.3 Å². The first-order chi connectivity index (χ1) is 10.6. The molecule has 1 N–H and O–H groups in total. The molecule has 0 fully saturated rings. The van der Waals surface area contributed by atoms with E-state index in [1.807, 2.05) is 6.07 Å². The first-order valence-corrected chi connectivity index (χ1v) is 7.27. The number of fused-ring (bicyclic) bond motifs is 1. The van der Waals surface area contributed by atoms with E-state index in [1.54, 1.807) is 47.4 Å². The third-order valence-corrected chi connectivity index (χ3v) is 3.98. The maximum absolute atomic E-state index is 12.7. The van der Waals surface area contributed by atoms with E-state index in [0.717, 1.165) is 0 Å². The molecule has 0 spiro atoms.